The quantitative estimate of drug-likeness (QED) is 0.766. The minimum absolute atomic E-state index is 0.0198. The summed E-state index contributed by atoms with van der Waals surface area (Å²) in [4.78, 5) is 3.90. The van der Waals surface area contributed by atoms with E-state index >= 15 is 0 Å². The molecule has 0 aliphatic heterocycles. The molecule has 7 nitrogen and oxygen atoms in total. The molecule has 0 fully saturated rings. The van der Waals surface area contributed by atoms with Crippen LogP contribution in [-0.2, 0) is 16.6 Å². The molecule has 0 N–H and O–H groups in total. The average molecular weight is 380 g/mol. The normalized spacial score (nSPS) is 11.9. The van der Waals surface area contributed by atoms with Crippen molar-refractivity contribution in [3.8, 4) is 5.75 Å². The summed E-state index contributed by atoms with van der Waals surface area (Å²) in [5.74, 6) is 0.925. The van der Waals surface area contributed by atoms with E-state index in [1.165, 1.54) is 23.5 Å². The zero-order chi connectivity index (χ0) is 17.2. The van der Waals surface area contributed by atoms with E-state index in [1.54, 1.807) is 13.8 Å². The van der Waals surface area contributed by atoms with E-state index in [4.69, 9.17) is 32.5 Å². The summed E-state index contributed by atoms with van der Waals surface area (Å²) in [6.45, 7) is 3.49. The van der Waals surface area contributed by atoms with E-state index in [1.807, 2.05) is 0 Å². The van der Waals surface area contributed by atoms with E-state index in [0.717, 1.165) is 0 Å². The molecule has 0 saturated carbocycles. The van der Waals surface area contributed by atoms with Gasteiger partial charge in [0.05, 0.1) is 23.7 Å². The average Bonchev–Trinajstić information content (AvgIpc) is 2.91. The van der Waals surface area contributed by atoms with E-state index < -0.39 is 10.0 Å². The Bertz CT molecular complexity index is 808. The van der Waals surface area contributed by atoms with Gasteiger partial charge in [-0.25, -0.2) is 8.42 Å². The summed E-state index contributed by atoms with van der Waals surface area (Å²) < 4.78 is 36.8. The smallest absolute Gasteiger partial charge is 0.245 e. The monoisotopic (exact) mass is 379 g/mol. The number of aromatic nitrogens is 2. The van der Waals surface area contributed by atoms with Crippen LogP contribution in [0.25, 0.3) is 0 Å². The molecule has 0 spiro atoms. The van der Waals surface area contributed by atoms with Crippen LogP contribution < -0.4 is 4.74 Å². The third-order valence-corrected chi connectivity index (χ3v) is 5.74. The van der Waals surface area contributed by atoms with Gasteiger partial charge in [-0.1, -0.05) is 35.3 Å². The van der Waals surface area contributed by atoms with Crippen LogP contribution in [0.2, 0.25) is 10.0 Å². The van der Waals surface area contributed by atoms with Gasteiger partial charge in [0.15, 0.2) is 5.82 Å². The van der Waals surface area contributed by atoms with Crippen molar-refractivity contribution in [2.24, 2.45) is 0 Å². The number of rotatable bonds is 6. The van der Waals surface area contributed by atoms with Crippen molar-refractivity contribution in [2.45, 2.75) is 25.3 Å². The molecule has 0 amide bonds. The highest BCUT2D eigenvalue weighted by molar-refractivity contribution is 7.89. The van der Waals surface area contributed by atoms with E-state index in [2.05, 4.69) is 10.1 Å². The lowest BCUT2D eigenvalue weighted by Crippen LogP contribution is -2.30. The Balaban J connectivity index is 2.41. The summed E-state index contributed by atoms with van der Waals surface area (Å²) >= 11 is 12.1. The van der Waals surface area contributed by atoms with Crippen LogP contribution in [-0.4, -0.2) is 36.5 Å². The molecule has 0 saturated heterocycles. The highest BCUT2D eigenvalue weighted by Crippen LogP contribution is 2.34. The second-order valence-electron chi connectivity index (χ2n) is 4.58. The number of methoxy groups -OCH3 is 1. The second kappa shape index (κ2) is 7.04. The van der Waals surface area contributed by atoms with E-state index in [9.17, 15) is 8.42 Å². The number of nitrogens with zero attached hydrogens (tertiary/aromatic N) is 3. The fraction of sp³-hybridized carbons (Fsp3) is 0.385. The molecule has 1 aromatic carbocycles. The second-order valence-corrected chi connectivity index (χ2v) is 7.30. The largest absolute Gasteiger partial charge is 0.495 e. The molecule has 0 unspecified atom stereocenters. The molecule has 126 valence electrons. The number of hydrogen-bond acceptors (Lipinski definition) is 6. The van der Waals surface area contributed by atoms with Crippen molar-refractivity contribution in [1.29, 1.82) is 0 Å². The van der Waals surface area contributed by atoms with Gasteiger partial charge in [0.25, 0.3) is 0 Å². The van der Waals surface area contributed by atoms with E-state index in [-0.39, 0.29) is 33.9 Å². The van der Waals surface area contributed by atoms with Gasteiger partial charge in [-0.05, 0) is 13.0 Å². The van der Waals surface area contributed by atoms with Crippen LogP contribution in [0, 0.1) is 6.92 Å². The van der Waals surface area contributed by atoms with Crippen LogP contribution in [0.15, 0.2) is 21.6 Å². The fourth-order valence-corrected chi connectivity index (χ4v) is 4.15. The Labute approximate surface area is 144 Å². The molecule has 2 rings (SSSR count). The van der Waals surface area contributed by atoms with Gasteiger partial charge >= 0.3 is 0 Å². The van der Waals surface area contributed by atoms with Gasteiger partial charge in [0.1, 0.15) is 10.6 Å². The number of hydrogen-bond donors (Lipinski definition) is 0. The maximum Gasteiger partial charge on any atom is 0.245 e. The van der Waals surface area contributed by atoms with Crippen LogP contribution >= 0.6 is 23.2 Å². The molecule has 0 aliphatic carbocycles. The first-order chi connectivity index (χ1) is 10.8. The first-order valence-corrected chi connectivity index (χ1v) is 8.81. The molecule has 0 radical (unpaired) electrons. The van der Waals surface area contributed by atoms with Crippen molar-refractivity contribution in [1.82, 2.24) is 14.4 Å². The van der Waals surface area contributed by atoms with Crippen LogP contribution in [0.3, 0.4) is 0 Å². The zero-order valence-electron chi connectivity index (χ0n) is 12.7. The minimum atomic E-state index is -3.88. The van der Waals surface area contributed by atoms with Gasteiger partial charge in [-0.3, -0.25) is 0 Å². The van der Waals surface area contributed by atoms with Crippen LogP contribution in [0.1, 0.15) is 18.6 Å². The number of benzene rings is 1. The van der Waals surface area contributed by atoms with Gasteiger partial charge < -0.3 is 9.26 Å². The lowest BCUT2D eigenvalue weighted by Gasteiger charge is -2.20. The highest BCUT2D eigenvalue weighted by Gasteiger charge is 2.28. The van der Waals surface area contributed by atoms with Gasteiger partial charge in [-0.2, -0.15) is 9.29 Å². The third kappa shape index (κ3) is 3.77. The summed E-state index contributed by atoms with van der Waals surface area (Å²) in [6.07, 6.45) is 0. The van der Waals surface area contributed by atoms with Gasteiger partial charge in [0, 0.05) is 12.6 Å². The molecule has 23 heavy (non-hydrogen) atoms. The third-order valence-electron chi connectivity index (χ3n) is 3.06. The summed E-state index contributed by atoms with van der Waals surface area (Å²) in [6, 6.07) is 2.63. The molecule has 2 aromatic rings. The van der Waals surface area contributed by atoms with Gasteiger partial charge in [-0.15, -0.1) is 0 Å². The Kier molecular flexibility index (Phi) is 5.51. The summed E-state index contributed by atoms with van der Waals surface area (Å²) in [5.41, 5.74) is 0. The number of halogens is 2. The first-order valence-electron chi connectivity index (χ1n) is 6.62. The van der Waals surface area contributed by atoms with E-state index in [0.29, 0.717) is 11.6 Å². The Morgan fingerprint density at radius 3 is 2.52 bits per heavy atom. The molecular formula is C13H15Cl2N3O4S. The Hall–Kier alpha value is -1.35. The predicted octanol–water partition coefficient (Wildman–Crippen LogP) is 2.90. The fourth-order valence-electron chi connectivity index (χ4n) is 1.93. The lowest BCUT2D eigenvalue weighted by molar-refractivity contribution is 0.320. The molecule has 10 heteroatoms. The molecule has 0 atom stereocenters. The van der Waals surface area contributed by atoms with Crippen molar-refractivity contribution in [3.63, 3.8) is 0 Å². The number of sulfonamides is 1. The van der Waals surface area contributed by atoms with Gasteiger partial charge in [0.2, 0.25) is 15.9 Å². The first kappa shape index (κ1) is 18.0. The lowest BCUT2D eigenvalue weighted by atomic mass is 10.3. The van der Waals surface area contributed by atoms with Crippen molar-refractivity contribution in [3.05, 3.63) is 33.9 Å². The molecule has 1 aromatic heterocycles. The Morgan fingerprint density at radius 1 is 1.30 bits per heavy atom. The summed E-state index contributed by atoms with van der Waals surface area (Å²) in [7, 11) is -2.47. The molecular weight excluding hydrogens is 365 g/mol. The minimum Gasteiger partial charge on any atom is -0.495 e. The zero-order valence-corrected chi connectivity index (χ0v) is 15.0. The standard InChI is InChI=1S/C13H15Cl2N3O4S/c1-4-18(7-13-16-8(2)17-22-13)23(19,20)12-6-9(14)11(21-3)5-10(12)15/h5-6H,4,7H2,1-3H3. The van der Waals surface area contributed by atoms with Crippen LogP contribution in [0.5, 0.6) is 5.75 Å². The van der Waals surface area contributed by atoms with Crippen molar-refractivity contribution in [2.75, 3.05) is 13.7 Å². The number of aryl methyl sites for hydroxylation is 1. The molecule has 0 aliphatic rings. The maximum atomic E-state index is 12.8. The summed E-state index contributed by atoms with van der Waals surface area (Å²) in [5, 5.41) is 3.81. The Morgan fingerprint density at radius 2 is 2.00 bits per heavy atom. The SMILES string of the molecule is CCN(Cc1nc(C)no1)S(=O)(=O)c1cc(Cl)c(OC)cc1Cl. The molecule has 1 heterocycles. The predicted molar refractivity (Wildman–Crippen MR) is 85.3 cm³/mol. The molecule has 0 bridgehead atoms. The topological polar surface area (TPSA) is 85.5 Å². The van der Waals surface area contributed by atoms with Crippen molar-refractivity contribution >= 4 is 33.2 Å². The highest BCUT2D eigenvalue weighted by atomic mass is 35.5. The maximum absolute atomic E-state index is 12.8. The van der Waals surface area contributed by atoms with Crippen molar-refractivity contribution < 1.29 is 17.7 Å². The van der Waals surface area contributed by atoms with Crippen LogP contribution in [0.4, 0.5) is 0 Å². The number of ether oxygens (including phenoxy) is 1.